The SMILES string of the molecule is CCCCC(NN)c1occc1Br. The van der Waals surface area contributed by atoms with Crippen molar-refractivity contribution in [2.45, 2.75) is 32.2 Å². The topological polar surface area (TPSA) is 51.2 Å². The van der Waals surface area contributed by atoms with E-state index in [4.69, 9.17) is 10.3 Å². The van der Waals surface area contributed by atoms with Gasteiger partial charge in [0, 0.05) is 0 Å². The van der Waals surface area contributed by atoms with Crippen molar-refractivity contribution in [2.24, 2.45) is 5.84 Å². The Kier molecular flexibility index (Phi) is 4.48. The zero-order valence-corrected chi connectivity index (χ0v) is 9.30. The first-order chi connectivity index (χ1) is 6.29. The molecule has 74 valence electrons. The van der Waals surface area contributed by atoms with Crippen LogP contribution in [0.2, 0.25) is 0 Å². The molecule has 1 atom stereocenters. The van der Waals surface area contributed by atoms with Gasteiger partial charge in [0.15, 0.2) is 0 Å². The van der Waals surface area contributed by atoms with Gasteiger partial charge < -0.3 is 4.42 Å². The second kappa shape index (κ2) is 5.42. The van der Waals surface area contributed by atoms with E-state index in [-0.39, 0.29) is 6.04 Å². The Bertz CT molecular complexity index is 250. The van der Waals surface area contributed by atoms with Crippen molar-refractivity contribution >= 4 is 15.9 Å². The predicted molar refractivity (Wildman–Crippen MR) is 56.0 cm³/mol. The van der Waals surface area contributed by atoms with Gasteiger partial charge in [-0.3, -0.25) is 5.84 Å². The molecule has 3 nitrogen and oxygen atoms in total. The molecule has 1 aromatic rings. The van der Waals surface area contributed by atoms with E-state index in [0.717, 1.165) is 29.5 Å². The maximum Gasteiger partial charge on any atom is 0.136 e. The van der Waals surface area contributed by atoms with Gasteiger partial charge in [-0.25, -0.2) is 5.43 Å². The molecule has 0 radical (unpaired) electrons. The zero-order chi connectivity index (χ0) is 9.68. The third kappa shape index (κ3) is 2.83. The van der Waals surface area contributed by atoms with Gasteiger partial charge in [0.25, 0.3) is 0 Å². The lowest BCUT2D eigenvalue weighted by Crippen LogP contribution is -2.27. The normalized spacial score (nSPS) is 13.2. The number of hydrogen-bond acceptors (Lipinski definition) is 3. The Morgan fingerprint density at radius 2 is 2.46 bits per heavy atom. The van der Waals surface area contributed by atoms with Crippen LogP contribution in [0.3, 0.4) is 0 Å². The average molecular weight is 247 g/mol. The van der Waals surface area contributed by atoms with Gasteiger partial charge in [0.1, 0.15) is 5.76 Å². The number of hydrazine groups is 1. The highest BCUT2D eigenvalue weighted by Crippen LogP contribution is 2.27. The van der Waals surface area contributed by atoms with Gasteiger partial charge in [-0.15, -0.1) is 0 Å². The number of hydrogen-bond donors (Lipinski definition) is 2. The quantitative estimate of drug-likeness (QED) is 0.621. The van der Waals surface area contributed by atoms with Gasteiger partial charge in [-0.05, 0) is 28.4 Å². The third-order valence-corrected chi connectivity index (χ3v) is 2.66. The molecular formula is C9H15BrN2O. The largest absolute Gasteiger partial charge is 0.466 e. The van der Waals surface area contributed by atoms with Crippen LogP contribution in [-0.4, -0.2) is 0 Å². The first kappa shape index (κ1) is 10.8. The van der Waals surface area contributed by atoms with Gasteiger partial charge in [0.05, 0.1) is 16.8 Å². The highest BCUT2D eigenvalue weighted by atomic mass is 79.9. The first-order valence-electron chi connectivity index (χ1n) is 4.48. The van der Waals surface area contributed by atoms with Crippen molar-refractivity contribution < 1.29 is 4.42 Å². The molecule has 1 aromatic heterocycles. The van der Waals surface area contributed by atoms with Crippen LogP contribution in [0.4, 0.5) is 0 Å². The summed E-state index contributed by atoms with van der Waals surface area (Å²) < 4.78 is 6.30. The van der Waals surface area contributed by atoms with E-state index in [1.165, 1.54) is 0 Å². The Morgan fingerprint density at radius 1 is 1.69 bits per heavy atom. The maximum atomic E-state index is 5.44. The zero-order valence-electron chi connectivity index (χ0n) is 7.72. The molecule has 1 heterocycles. The second-order valence-electron chi connectivity index (χ2n) is 2.99. The summed E-state index contributed by atoms with van der Waals surface area (Å²) >= 11 is 3.41. The van der Waals surface area contributed by atoms with E-state index in [2.05, 4.69) is 28.3 Å². The smallest absolute Gasteiger partial charge is 0.136 e. The van der Waals surface area contributed by atoms with Crippen molar-refractivity contribution in [3.8, 4) is 0 Å². The highest BCUT2D eigenvalue weighted by molar-refractivity contribution is 9.10. The van der Waals surface area contributed by atoms with Gasteiger partial charge >= 0.3 is 0 Å². The standard InChI is InChI=1S/C9H15BrN2O/c1-2-3-4-8(12-11)9-7(10)5-6-13-9/h5-6,8,12H,2-4,11H2,1H3. The van der Waals surface area contributed by atoms with Crippen LogP contribution in [0.5, 0.6) is 0 Å². The Morgan fingerprint density at radius 3 is 2.92 bits per heavy atom. The van der Waals surface area contributed by atoms with Crippen molar-refractivity contribution in [1.82, 2.24) is 5.43 Å². The molecule has 0 aliphatic carbocycles. The first-order valence-corrected chi connectivity index (χ1v) is 5.28. The molecule has 0 saturated heterocycles. The molecular weight excluding hydrogens is 232 g/mol. The van der Waals surface area contributed by atoms with E-state index in [1.54, 1.807) is 6.26 Å². The lowest BCUT2D eigenvalue weighted by atomic mass is 10.1. The molecule has 0 spiro atoms. The fourth-order valence-corrected chi connectivity index (χ4v) is 1.73. The van der Waals surface area contributed by atoms with E-state index >= 15 is 0 Å². The van der Waals surface area contributed by atoms with Crippen LogP contribution in [0.15, 0.2) is 21.2 Å². The van der Waals surface area contributed by atoms with Crippen molar-refractivity contribution in [3.63, 3.8) is 0 Å². The van der Waals surface area contributed by atoms with Crippen LogP contribution < -0.4 is 11.3 Å². The molecule has 0 bridgehead atoms. The molecule has 0 saturated carbocycles. The summed E-state index contributed by atoms with van der Waals surface area (Å²) in [5.74, 6) is 6.33. The lowest BCUT2D eigenvalue weighted by molar-refractivity contribution is 0.391. The van der Waals surface area contributed by atoms with E-state index in [0.29, 0.717) is 0 Å². The maximum absolute atomic E-state index is 5.44. The molecule has 4 heteroatoms. The summed E-state index contributed by atoms with van der Waals surface area (Å²) in [6.07, 6.45) is 4.97. The number of nitrogens with one attached hydrogen (secondary N) is 1. The summed E-state index contributed by atoms with van der Waals surface area (Å²) in [6.45, 7) is 2.16. The average Bonchev–Trinajstić information content (AvgIpc) is 2.54. The van der Waals surface area contributed by atoms with Crippen LogP contribution in [-0.2, 0) is 0 Å². The van der Waals surface area contributed by atoms with Gasteiger partial charge in [-0.2, -0.15) is 0 Å². The molecule has 0 aromatic carbocycles. The summed E-state index contributed by atoms with van der Waals surface area (Å²) in [5, 5.41) is 0. The summed E-state index contributed by atoms with van der Waals surface area (Å²) in [6, 6.07) is 2.00. The molecule has 1 rings (SSSR count). The molecule has 13 heavy (non-hydrogen) atoms. The Labute approximate surface area is 86.8 Å². The summed E-state index contributed by atoms with van der Waals surface area (Å²) in [4.78, 5) is 0. The van der Waals surface area contributed by atoms with Crippen molar-refractivity contribution in [3.05, 3.63) is 22.6 Å². The Balaban J connectivity index is 2.61. The van der Waals surface area contributed by atoms with Gasteiger partial charge in [-0.1, -0.05) is 19.8 Å². The lowest BCUT2D eigenvalue weighted by Gasteiger charge is -2.12. The molecule has 1 unspecified atom stereocenters. The fraction of sp³-hybridized carbons (Fsp3) is 0.556. The second-order valence-corrected chi connectivity index (χ2v) is 3.85. The third-order valence-electron chi connectivity index (χ3n) is 2.01. The number of nitrogens with two attached hydrogens (primary N) is 1. The van der Waals surface area contributed by atoms with E-state index in [9.17, 15) is 0 Å². The van der Waals surface area contributed by atoms with Crippen molar-refractivity contribution in [1.29, 1.82) is 0 Å². The molecule has 0 fully saturated rings. The van der Waals surface area contributed by atoms with Crippen LogP contribution in [0, 0.1) is 0 Å². The fourth-order valence-electron chi connectivity index (χ4n) is 1.25. The molecule has 0 aliphatic rings. The minimum absolute atomic E-state index is 0.115. The van der Waals surface area contributed by atoms with E-state index in [1.807, 2.05) is 6.07 Å². The van der Waals surface area contributed by atoms with E-state index < -0.39 is 0 Å². The minimum atomic E-state index is 0.115. The summed E-state index contributed by atoms with van der Waals surface area (Å²) in [7, 11) is 0. The van der Waals surface area contributed by atoms with Crippen molar-refractivity contribution in [2.75, 3.05) is 0 Å². The van der Waals surface area contributed by atoms with Crippen LogP contribution in [0.25, 0.3) is 0 Å². The number of unbranched alkanes of at least 4 members (excludes halogenated alkanes) is 1. The van der Waals surface area contributed by atoms with Crippen LogP contribution >= 0.6 is 15.9 Å². The predicted octanol–water partition coefficient (Wildman–Crippen LogP) is 2.74. The molecule has 0 aliphatic heterocycles. The molecule has 3 N–H and O–H groups in total. The summed E-state index contributed by atoms with van der Waals surface area (Å²) in [5.41, 5.74) is 2.76. The number of halogens is 1. The number of rotatable bonds is 5. The Hall–Kier alpha value is -0.320. The van der Waals surface area contributed by atoms with Crippen LogP contribution in [0.1, 0.15) is 38.0 Å². The number of furan rings is 1. The minimum Gasteiger partial charge on any atom is -0.466 e. The molecule has 0 amide bonds. The highest BCUT2D eigenvalue weighted by Gasteiger charge is 2.15. The van der Waals surface area contributed by atoms with Gasteiger partial charge in [0.2, 0.25) is 0 Å². The monoisotopic (exact) mass is 246 g/mol.